The van der Waals surface area contributed by atoms with Gasteiger partial charge in [-0.1, -0.05) is 56.3 Å². The van der Waals surface area contributed by atoms with Gasteiger partial charge in [0.05, 0.1) is 21.5 Å². The molecule has 6 heteroatoms. The highest BCUT2D eigenvalue weighted by molar-refractivity contribution is 7.20. The molecular weight excluding hydrogens is 368 g/mol. The van der Waals surface area contributed by atoms with Gasteiger partial charge in [-0.3, -0.25) is 15.2 Å². The second kappa shape index (κ2) is 9.12. The lowest BCUT2D eigenvalue weighted by Crippen LogP contribution is -2.29. The van der Waals surface area contributed by atoms with Gasteiger partial charge in [-0.05, 0) is 29.3 Å². The fraction of sp³-hybridized carbons (Fsp3) is 0.0909. The number of carbonyl (C=O) groups excluding carboxylic acids is 1. The number of hydrazine groups is 1. The predicted octanol–water partition coefficient (Wildman–Crippen LogP) is 5.34. The van der Waals surface area contributed by atoms with E-state index < -0.39 is 0 Å². The molecule has 0 radical (unpaired) electrons. The van der Waals surface area contributed by atoms with Gasteiger partial charge in [0.25, 0.3) is 5.91 Å². The third-order valence-corrected chi connectivity index (χ3v) is 5.14. The number of nitrogens with two attached hydrogens (primary N) is 1. The van der Waals surface area contributed by atoms with Crippen molar-refractivity contribution in [3.8, 4) is 11.1 Å². The average molecular weight is 391 g/mol. The Morgan fingerprint density at radius 2 is 1.64 bits per heavy atom. The van der Waals surface area contributed by atoms with Crippen LogP contribution in [-0.4, -0.2) is 10.9 Å². The number of rotatable bonds is 4. The molecule has 0 bridgehead atoms. The Bertz CT molecular complexity index is 1060. The fourth-order valence-corrected chi connectivity index (χ4v) is 3.73. The van der Waals surface area contributed by atoms with Gasteiger partial charge >= 0.3 is 0 Å². The van der Waals surface area contributed by atoms with Crippen LogP contribution >= 0.6 is 11.3 Å². The number of fused-ring (bicyclic) bond motifs is 1. The number of thiophene rings is 1. The zero-order valence-electron chi connectivity index (χ0n) is 15.8. The first-order chi connectivity index (χ1) is 13.7. The van der Waals surface area contributed by atoms with Crippen LogP contribution in [-0.2, 0) is 0 Å². The largest absolute Gasteiger partial charge is 0.354 e. The van der Waals surface area contributed by atoms with Crippen LogP contribution in [0.15, 0.2) is 73.1 Å². The second-order valence-electron chi connectivity index (χ2n) is 5.75. The Kier molecular flexibility index (Phi) is 6.37. The number of aromatic nitrogens is 1. The Hall–Kier alpha value is -3.22. The molecule has 0 saturated carbocycles. The first-order valence-corrected chi connectivity index (χ1v) is 9.87. The zero-order chi connectivity index (χ0) is 19.9. The summed E-state index contributed by atoms with van der Waals surface area (Å²) in [6.45, 7) is 4.00. The van der Waals surface area contributed by atoms with Crippen LogP contribution < -0.4 is 16.6 Å². The number of benzene rings is 2. The van der Waals surface area contributed by atoms with Crippen molar-refractivity contribution in [1.82, 2.24) is 10.4 Å². The number of hydrogen-bond donors (Lipinski definition) is 3. The lowest BCUT2D eigenvalue weighted by Gasteiger charge is -2.08. The van der Waals surface area contributed by atoms with Crippen LogP contribution in [0.3, 0.4) is 0 Å². The molecule has 4 N–H and O–H groups in total. The summed E-state index contributed by atoms with van der Waals surface area (Å²) >= 11 is 1.36. The highest BCUT2D eigenvalue weighted by atomic mass is 32.1. The Labute approximate surface area is 168 Å². The first kappa shape index (κ1) is 19.5. The van der Waals surface area contributed by atoms with Crippen molar-refractivity contribution in [2.75, 3.05) is 5.32 Å². The van der Waals surface area contributed by atoms with E-state index in [1.807, 2.05) is 50.2 Å². The van der Waals surface area contributed by atoms with Gasteiger partial charge in [-0.2, -0.15) is 0 Å². The summed E-state index contributed by atoms with van der Waals surface area (Å²) in [7, 11) is 0. The molecule has 4 aromatic rings. The maximum absolute atomic E-state index is 11.8. The standard InChI is InChI=1S/C20H16N4OS.C2H6/c21-24-20(25)18-10-16-17(11-22-12-19(16)26-18)23-15-8-6-14(7-9-15)13-4-2-1-3-5-13;1-2/h1-12,23H,21H2,(H,24,25);1-2H3. The second-order valence-corrected chi connectivity index (χ2v) is 6.84. The molecule has 0 saturated heterocycles. The van der Waals surface area contributed by atoms with E-state index in [4.69, 9.17) is 5.84 Å². The quantitative estimate of drug-likeness (QED) is 0.250. The van der Waals surface area contributed by atoms with Gasteiger partial charge < -0.3 is 5.32 Å². The van der Waals surface area contributed by atoms with Crippen LogP contribution in [0.1, 0.15) is 23.5 Å². The number of pyridine rings is 1. The minimum atomic E-state index is -0.302. The number of amides is 1. The molecule has 0 atom stereocenters. The van der Waals surface area contributed by atoms with Gasteiger partial charge in [0, 0.05) is 17.3 Å². The summed E-state index contributed by atoms with van der Waals surface area (Å²) in [6, 6.07) is 20.3. The molecule has 0 aliphatic heterocycles. The number of carbonyl (C=O) groups is 1. The summed E-state index contributed by atoms with van der Waals surface area (Å²) < 4.78 is 0.925. The molecule has 28 heavy (non-hydrogen) atoms. The molecule has 0 fully saturated rings. The first-order valence-electron chi connectivity index (χ1n) is 9.05. The van der Waals surface area contributed by atoms with Crippen molar-refractivity contribution >= 4 is 38.7 Å². The normalized spacial score (nSPS) is 10.1. The van der Waals surface area contributed by atoms with E-state index in [2.05, 4.69) is 40.0 Å². The van der Waals surface area contributed by atoms with E-state index in [1.165, 1.54) is 16.9 Å². The SMILES string of the molecule is CC.NNC(=O)c1cc2c(Nc3ccc(-c4ccccc4)cc3)cncc2s1. The zero-order valence-corrected chi connectivity index (χ0v) is 16.6. The number of anilines is 2. The molecule has 0 aliphatic rings. The van der Waals surface area contributed by atoms with E-state index in [1.54, 1.807) is 12.4 Å². The van der Waals surface area contributed by atoms with Crippen LogP contribution in [0.4, 0.5) is 11.4 Å². The Morgan fingerprint density at radius 1 is 0.964 bits per heavy atom. The predicted molar refractivity (Wildman–Crippen MR) is 118 cm³/mol. The maximum Gasteiger partial charge on any atom is 0.275 e. The third-order valence-electron chi connectivity index (χ3n) is 4.07. The summed E-state index contributed by atoms with van der Waals surface area (Å²) in [4.78, 5) is 16.6. The van der Waals surface area contributed by atoms with Gasteiger partial charge in [-0.25, -0.2) is 5.84 Å². The molecule has 5 nitrogen and oxygen atoms in total. The van der Waals surface area contributed by atoms with E-state index in [0.29, 0.717) is 4.88 Å². The maximum atomic E-state index is 11.8. The third kappa shape index (κ3) is 4.19. The number of hydrogen-bond acceptors (Lipinski definition) is 5. The summed E-state index contributed by atoms with van der Waals surface area (Å²) in [6.07, 6.45) is 3.50. The highest BCUT2D eigenvalue weighted by Crippen LogP contribution is 2.32. The van der Waals surface area contributed by atoms with E-state index >= 15 is 0 Å². The monoisotopic (exact) mass is 390 g/mol. The summed E-state index contributed by atoms with van der Waals surface area (Å²) in [5.74, 6) is 4.92. The molecule has 4 rings (SSSR count). The fourth-order valence-electron chi connectivity index (χ4n) is 2.78. The van der Waals surface area contributed by atoms with Crippen LogP contribution in [0.2, 0.25) is 0 Å². The van der Waals surface area contributed by atoms with Crippen molar-refractivity contribution in [2.24, 2.45) is 5.84 Å². The molecule has 0 aliphatic carbocycles. The van der Waals surface area contributed by atoms with E-state index in [9.17, 15) is 4.79 Å². The Balaban J connectivity index is 0.00000109. The van der Waals surface area contributed by atoms with Crippen molar-refractivity contribution in [3.63, 3.8) is 0 Å². The summed E-state index contributed by atoms with van der Waals surface area (Å²) in [5.41, 5.74) is 6.30. The van der Waals surface area contributed by atoms with Crippen LogP contribution in [0.25, 0.3) is 21.2 Å². The molecule has 0 spiro atoms. The van der Waals surface area contributed by atoms with E-state index in [0.717, 1.165) is 27.0 Å². The van der Waals surface area contributed by atoms with Gasteiger partial charge in [0.2, 0.25) is 0 Å². The molecule has 1 amide bonds. The van der Waals surface area contributed by atoms with Crippen molar-refractivity contribution in [3.05, 3.63) is 77.9 Å². The smallest absolute Gasteiger partial charge is 0.275 e. The molecule has 2 aromatic carbocycles. The number of nitrogen functional groups attached to an aromatic ring is 1. The van der Waals surface area contributed by atoms with Crippen molar-refractivity contribution in [2.45, 2.75) is 13.8 Å². The average Bonchev–Trinajstić information content (AvgIpc) is 3.21. The number of nitrogens with zero attached hydrogens (tertiary/aromatic N) is 1. The molecule has 0 unspecified atom stereocenters. The molecule has 2 aromatic heterocycles. The van der Waals surface area contributed by atoms with E-state index in [-0.39, 0.29) is 5.91 Å². The van der Waals surface area contributed by atoms with Crippen LogP contribution in [0, 0.1) is 0 Å². The lowest BCUT2D eigenvalue weighted by molar-refractivity contribution is 0.0958. The lowest BCUT2D eigenvalue weighted by atomic mass is 10.1. The topological polar surface area (TPSA) is 80.0 Å². The summed E-state index contributed by atoms with van der Waals surface area (Å²) in [5, 5.41) is 4.32. The Morgan fingerprint density at radius 3 is 2.32 bits per heavy atom. The molecule has 142 valence electrons. The van der Waals surface area contributed by atoms with Gasteiger partial charge in [-0.15, -0.1) is 11.3 Å². The van der Waals surface area contributed by atoms with Crippen molar-refractivity contribution < 1.29 is 4.79 Å². The number of nitrogens with one attached hydrogen (secondary N) is 2. The highest BCUT2D eigenvalue weighted by Gasteiger charge is 2.12. The molecular formula is C22H22N4OS. The molecule has 2 heterocycles. The van der Waals surface area contributed by atoms with Gasteiger partial charge in [0.1, 0.15) is 0 Å². The van der Waals surface area contributed by atoms with Gasteiger partial charge in [0.15, 0.2) is 0 Å². The van der Waals surface area contributed by atoms with Crippen LogP contribution in [0.5, 0.6) is 0 Å². The minimum absolute atomic E-state index is 0.302. The van der Waals surface area contributed by atoms with Crippen molar-refractivity contribution in [1.29, 1.82) is 0 Å². The minimum Gasteiger partial charge on any atom is -0.354 e.